The highest BCUT2D eigenvalue weighted by Gasteiger charge is 2.10. The summed E-state index contributed by atoms with van der Waals surface area (Å²) in [5, 5.41) is 2.92. The molecule has 0 unspecified atom stereocenters. The zero-order valence-corrected chi connectivity index (χ0v) is 11.7. The van der Waals surface area contributed by atoms with Crippen molar-refractivity contribution >= 4 is 23.1 Å². The maximum Gasteiger partial charge on any atom is 0.251 e. The van der Waals surface area contributed by atoms with Crippen LogP contribution in [0, 0.1) is 5.92 Å². The fourth-order valence-corrected chi connectivity index (χ4v) is 1.81. The minimum absolute atomic E-state index is 0.0532. The van der Waals surface area contributed by atoms with E-state index in [4.69, 9.17) is 18.0 Å². The summed E-state index contributed by atoms with van der Waals surface area (Å²) in [7, 11) is 0. The van der Waals surface area contributed by atoms with Gasteiger partial charge in [-0.1, -0.05) is 44.3 Å². The Balaban J connectivity index is 2.69. The van der Waals surface area contributed by atoms with Crippen LogP contribution in [0.2, 0.25) is 0 Å². The third-order valence-corrected chi connectivity index (χ3v) is 2.78. The van der Waals surface area contributed by atoms with Crippen LogP contribution in [0.15, 0.2) is 24.3 Å². The van der Waals surface area contributed by atoms with Gasteiger partial charge in [0.15, 0.2) is 0 Å². The Kier molecular flexibility index (Phi) is 5.78. The molecule has 1 aromatic carbocycles. The van der Waals surface area contributed by atoms with Gasteiger partial charge in [-0.15, -0.1) is 0 Å². The van der Waals surface area contributed by atoms with E-state index in [1.807, 2.05) is 18.2 Å². The van der Waals surface area contributed by atoms with E-state index in [9.17, 15) is 4.79 Å². The molecule has 0 fully saturated rings. The van der Waals surface area contributed by atoms with Crippen LogP contribution in [-0.4, -0.2) is 17.4 Å². The smallest absolute Gasteiger partial charge is 0.251 e. The first kappa shape index (κ1) is 14.6. The minimum Gasteiger partial charge on any atom is -0.393 e. The molecule has 0 aliphatic rings. The fraction of sp³-hybridized carbons (Fsp3) is 0.429. The first-order chi connectivity index (χ1) is 8.50. The number of nitrogens with two attached hydrogens (primary N) is 1. The van der Waals surface area contributed by atoms with Crippen molar-refractivity contribution in [3.8, 4) is 0 Å². The number of carbonyl (C=O) groups excluding carboxylic acids is 1. The molecule has 0 bridgehead atoms. The lowest BCUT2D eigenvalue weighted by Crippen LogP contribution is -2.27. The van der Waals surface area contributed by atoms with Crippen LogP contribution in [0.4, 0.5) is 0 Å². The van der Waals surface area contributed by atoms with Crippen molar-refractivity contribution in [2.75, 3.05) is 6.54 Å². The van der Waals surface area contributed by atoms with Crippen molar-refractivity contribution in [2.24, 2.45) is 11.7 Å². The lowest BCUT2D eigenvalue weighted by Gasteiger charge is -2.10. The molecule has 0 saturated heterocycles. The largest absolute Gasteiger partial charge is 0.393 e. The van der Waals surface area contributed by atoms with Gasteiger partial charge in [-0.3, -0.25) is 4.79 Å². The second-order valence-corrected chi connectivity index (χ2v) is 5.26. The van der Waals surface area contributed by atoms with Gasteiger partial charge in [0.2, 0.25) is 0 Å². The van der Waals surface area contributed by atoms with Crippen molar-refractivity contribution in [3.05, 3.63) is 35.4 Å². The zero-order chi connectivity index (χ0) is 13.5. The lowest BCUT2D eigenvalue weighted by atomic mass is 10.0. The SMILES string of the molecule is CC(C)CCNC(=O)c1ccccc1CC(N)=S. The number of benzene rings is 1. The minimum atomic E-state index is -0.0532. The van der Waals surface area contributed by atoms with Gasteiger partial charge in [0, 0.05) is 18.5 Å². The van der Waals surface area contributed by atoms with Crippen LogP contribution < -0.4 is 11.1 Å². The molecule has 1 aromatic rings. The number of amides is 1. The van der Waals surface area contributed by atoms with Crippen molar-refractivity contribution in [3.63, 3.8) is 0 Å². The number of hydrogen-bond acceptors (Lipinski definition) is 2. The van der Waals surface area contributed by atoms with Gasteiger partial charge in [-0.2, -0.15) is 0 Å². The van der Waals surface area contributed by atoms with E-state index in [0.29, 0.717) is 29.4 Å². The van der Waals surface area contributed by atoms with E-state index in [-0.39, 0.29) is 5.91 Å². The summed E-state index contributed by atoms with van der Waals surface area (Å²) < 4.78 is 0. The van der Waals surface area contributed by atoms with Crippen LogP contribution >= 0.6 is 12.2 Å². The lowest BCUT2D eigenvalue weighted by molar-refractivity contribution is 0.0951. The van der Waals surface area contributed by atoms with Gasteiger partial charge >= 0.3 is 0 Å². The van der Waals surface area contributed by atoms with Crippen LogP contribution in [0.3, 0.4) is 0 Å². The monoisotopic (exact) mass is 264 g/mol. The van der Waals surface area contributed by atoms with Gasteiger partial charge < -0.3 is 11.1 Å². The summed E-state index contributed by atoms with van der Waals surface area (Å²) in [5.41, 5.74) is 7.08. The van der Waals surface area contributed by atoms with E-state index in [1.54, 1.807) is 6.07 Å². The van der Waals surface area contributed by atoms with E-state index in [1.165, 1.54) is 0 Å². The Morgan fingerprint density at radius 2 is 2.06 bits per heavy atom. The van der Waals surface area contributed by atoms with Gasteiger partial charge in [0.05, 0.1) is 4.99 Å². The van der Waals surface area contributed by atoms with Crippen LogP contribution in [-0.2, 0) is 6.42 Å². The molecule has 0 aliphatic heterocycles. The summed E-state index contributed by atoms with van der Waals surface area (Å²) in [5.74, 6) is 0.527. The van der Waals surface area contributed by atoms with E-state index < -0.39 is 0 Å². The molecular formula is C14H20N2OS. The molecular weight excluding hydrogens is 244 g/mol. The summed E-state index contributed by atoms with van der Waals surface area (Å²) in [4.78, 5) is 12.4. The molecule has 0 spiro atoms. The molecule has 98 valence electrons. The average molecular weight is 264 g/mol. The fourth-order valence-electron chi connectivity index (χ4n) is 1.65. The van der Waals surface area contributed by atoms with Crippen LogP contribution in [0.5, 0.6) is 0 Å². The molecule has 18 heavy (non-hydrogen) atoms. The number of hydrogen-bond donors (Lipinski definition) is 2. The molecule has 0 radical (unpaired) electrons. The summed E-state index contributed by atoms with van der Waals surface area (Å²) >= 11 is 4.89. The molecule has 0 saturated carbocycles. The van der Waals surface area contributed by atoms with E-state index >= 15 is 0 Å². The molecule has 1 amide bonds. The van der Waals surface area contributed by atoms with Crippen molar-refractivity contribution < 1.29 is 4.79 Å². The number of rotatable bonds is 6. The highest BCUT2D eigenvalue weighted by atomic mass is 32.1. The molecule has 0 aliphatic carbocycles. The Labute approximate surface area is 114 Å². The van der Waals surface area contributed by atoms with Crippen molar-refractivity contribution in [1.29, 1.82) is 0 Å². The molecule has 1 rings (SSSR count). The molecule has 3 N–H and O–H groups in total. The molecule has 0 aromatic heterocycles. The summed E-state index contributed by atoms with van der Waals surface area (Å²) in [6.07, 6.45) is 1.44. The van der Waals surface area contributed by atoms with E-state index in [2.05, 4.69) is 19.2 Å². The first-order valence-electron chi connectivity index (χ1n) is 6.15. The Hall–Kier alpha value is -1.42. The molecule has 0 atom stereocenters. The number of nitrogens with one attached hydrogen (secondary N) is 1. The zero-order valence-electron chi connectivity index (χ0n) is 10.9. The highest BCUT2D eigenvalue weighted by Crippen LogP contribution is 2.10. The normalized spacial score (nSPS) is 10.4. The summed E-state index contributed by atoms with van der Waals surface area (Å²) in [6, 6.07) is 7.42. The third-order valence-electron chi connectivity index (χ3n) is 2.63. The Morgan fingerprint density at radius 3 is 2.67 bits per heavy atom. The number of thiocarbonyl (C=S) groups is 1. The first-order valence-corrected chi connectivity index (χ1v) is 6.56. The van der Waals surface area contributed by atoms with Gasteiger partial charge in [-0.05, 0) is 24.0 Å². The van der Waals surface area contributed by atoms with E-state index in [0.717, 1.165) is 12.0 Å². The average Bonchev–Trinajstić information content (AvgIpc) is 2.28. The molecule has 0 heterocycles. The maximum atomic E-state index is 12.0. The van der Waals surface area contributed by atoms with Crippen molar-refractivity contribution in [1.82, 2.24) is 5.32 Å². The van der Waals surface area contributed by atoms with Crippen LogP contribution in [0.25, 0.3) is 0 Å². The van der Waals surface area contributed by atoms with Gasteiger partial charge in [-0.25, -0.2) is 0 Å². The Bertz CT molecular complexity index is 430. The predicted octanol–water partition coefficient (Wildman–Crippen LogP) is 2.29. The van der Waals surface area contributed by atoms with Gasteiger partial charge in [0.1, 0.15) is 0 Å². The topological polar surface area (TPSA) is 55.1 Å². The third kappa shape index (κ3) is 4.84. The predicted molar refractivity (Wildman–Crippen MR) is 78.7 cm³/mol. The van der Waals surface area contributed by atoms with Gasteiger partial charge in [0.25, 0.3) is 5.91 Å². The molecule has 4 heteroatoms. The summed E-state index contributed by atoms with van der Waals surface area (Å²) in [6.45, 7) is 4.96. The Morgan fingerprint density at radius 1 is 1.39 bits per heavy atom. The second-order valence-electron chi connectivity index (χ2n) is 4.74. The van der Waals surface area contributed by atoms with Crippen LogP contribution in [0.1, 0.15) is 36.2 Å². The quantitative estimate of drug-likeness (QED) is 0.775. The number of carbonyl (C=O) groups is 1. The molecule has 3 nitrogen and oxygen atoms in total. The van der Waals surface area contributed by atoms with Crippen molar-refractivity contribution in [2.45, 2.75) is 26.7 Å². The maximum absolute atomic E-state index is 12.0. The second kappa shape index (κ2) is 7.11. The highest BCUT2D eigenvalue weighted by molar-refractivity contribution is 7.80. The standard InChI is InChI=1S/C14H20N2OS/c1-10(2)7-8-16-14(17)12-6-4-3-5-11(12)9-13(15)18/h3-6,10H,7-9H2,1-2H3,(H2,15,18)(H,16,17).